The van der Waals surface area contributed by atoms with Crippen molar-refractivity contribution in [1.82, 2.24) is 0 Å². The topological polar surface area (TPSA) is 96.0 Å². The number of aldehydes is 1. The first-order valence-electron chi connectivity index (χ1n) is 5.37. The molecule has 0 aromatic heterocycles. The molecule has 0 aromatic rings. The molecule has 0 aliphatic heterocycles. The van der Waals surface area contributed by atoms with Crippen LogP contribution in [0.5, 0.6) is 0 Å². The number of carbonyl (C=O) groups excluding carboxylic acids is 4. The number of hydrogen-bond acceptors (Lipinski definition) is 7. The lowest BCUT2D eigenvalue weighted by Crippen LogP contribution is -2.49. The van der Waals surface area contributed by atoms with Crippen molar-refractivity contribution in [3.05, 3.63) is 0 Å². The largest absolute Gasteiger partial charge is 0.465 e. The fourth-order valence-electron chi connectivity index (χ4n) is 1.28. The van der Waals surface area contributed by atoms with Gasteiger partial charge in [0.15, 0.2) is 17.8 Å². The predicted molar refractivity (Wildman–Crippen MR) is 58.4 cm³/mol. The Morgan fingerprint density at radius 3 is 1.83 bits per heavy atom. The van der Waals surface area contributed by atoms with Crippen LogP contribution in [0.1, 0.15) is 20.8 Å². The zero-order valence-corrected chi connectivity index (χ0v) is 10.5. The standard InChI is InChI=1S/C11H16O7/c1-4-16-9(14)8(10(15)17-5-2)11(3,6-12)18-7-13/h6-8H,4-5H2,1-3H3. The molecule has 18 heavy (non-hydrogen) atoms. The summed E-state index contributed by atoms with van der Waals surface area (Å²) in [7, 11) is 0. The summed E-state index contributed by atoms with van der Waals surface area (Å²) in [4.78, 5) is 44.7. The zero-order valence-electron chi connectivity index (χ0n) is 10.5. The second-order valence-corrected chi connectivity index (χ2v) is 3.45. The third-order valence-corrected chi connectivity index (χ3v) is 2.15. The molecule has 0 saturated heterocycles. The average Bonchev–Trinajstić information content (AvgIpc) is 2.30. The molecule has 102 valence electrons. The zero-order chi connectivity index (χ0) is 14.2. The summed E-state index contributed by atoms with van der Waals surface area (Å²) < 4.78 is 13.9. The maximum atomic E-state index is 11.7. The van der Waals surface area contributed by atoms with Crippen LogP contribution in [0.25, 0.3) is 0 Å². The molecule has 0 aliphatic rings. The van der Waals surface area contributed by atoms with Crippen molar-refractivity contribution in [2.75, 3.05) is 13.2 Å². The van der Waals surface area contributed by atoms with E-state index in [2.05, 4.69) is 14.2 Å². The van der Waals surface area contributed by atoms with Gasteiger partial charge in [0.1, 0.15) is 0 Å². The van der Waals surface area contributed by atoms with Gasteiger partial charge in [0.2, 0.25) is 0 Å². The fraction of sp³-hybridized carbons (Fsp3) is 0.636. The predicted octanol–water partition coefficient (Wildman–Crippen LogP) is -0.141. The fourth-order valence-corrected chi connectivity index (χ4v) is 1.28. The first-order chi connectivity index (χ1) is 8.46. The van der Waals surface area contributed by atoms with Crippen LogP contribution in [0.4, 0.5) is 0 Å². The van der Waals surface area contributed by atoms with Gasteiger partial charge in [0.25, 0.3) is 6.47 Å². The Balaban J connectivity index is 5.28. The van der Waals surface area contributed by atoms with Gasteiger partial charge in [0, 0.05) is 0 Å². The molecule has 0 amide bonds. The number of ether oxygens (including phenoxy) is 3. The van der Waals surface area contributed by atoms with Crippen LogP contribution in [0.3, 0.4) is 0 Å². The van der Waals surface area contributed by atoms with Crippen LogP contribution >= 0.6 is 0 Å². The lowest BCUT2D eigenvalue weighted by molar-refractivity contribution is -0.179. The van der Waals surface area contributed by atoms with Crippen LogP contribution in [0, 0.1) is 5.92 Å². The van der Waals surface area contributed by atoms with Crippen molar-refractivity contribution in [1.29, 1.82) is 0 Å². The SMILES string of the molecule is CCOC(=O)C(C(=O)OCC)C(C)(C=O)OC=O. The molecule has 0 saturated carbocycles. The van der Waals surface area contributed by atoms with Crippen molar-refractivity contribution in [3.63, 3.8) is 0 Å². The normalized spacial score (nSPS) is 13.3. The minimum Gasteiger partial charge on any atom is -0.465 e. The number of rotatable bonds is 8. The lowest BCUT2D eigenvalue weighted by Gasteiger charge is -2.27. The van der Waals surface area contributed by atoms with Crippen molar-refractivity contribution >= 4 is 24.7 Å². The third kappa shape index (κ3) is 3.83. The van der Waals surface area contributed by atoms with E-state index in [-0.39, 0.29) is 26.0 Å². The van der Waals surface area contributed by atoms with Gasteiger partial charge in [-0.3, -0.25) is 19.2 Å². The van der Waals surface area contributed by atoms with Gasteiger partial charge in [-0.05, 0) is 20.8 Å². The van der Waals surface area contributed by atoms with E-state index in [1.807, 2.05) is 0 Å². The summed E-state index contributed by atoms with van der Waals surface area (Å²) in [6.45, 7) is 4.24. The van der Waals surface area contributed by atoms with E-state index in [0.29, 0.717) is 0 Å². The van der Waals surface area contributed by atoms with Gasteiger partial charge in [-0.2, -0.15) is 0 Å². The third-order valence-electron chi connectivity index (χ3n) is 2.15. The summed E-state index contributed by atoms with van der Waals surface area (Å²) in [6.07, 6.45) is 0.194. The minimum atomic E-state index is -1.94. The van der Waals surface area contributed by atoms with Crippen LogP contribution in [-0.4, -0.2) is 43.5 Å². The molecule has 0 aliphatic carbocycles. The van der Waals surface area contributed by atoms with E-state index < -0.39 is 23.5 Å². The summed E-state index contributed by atoms with van der Waals surface area (Å²) in [5.41, 5.74) is -1.94. The second kappa shape index (κ2) is 7.41. The highest BCUT2D eigenvalue weighted by Gasteiger charge is 2.48. The van der Waals surface area contributed by atoms with Gasteiger partial charge in [-0.15, -0.1) is 0 Å². The van der Waals surface area contributed by atoms with E-state index in [4.69, 9.17) is 0 Å². The smallest absolute Gasteiger partial charge is 0.324 e. The highest BCUT2D eigenvalue weighted by molar-refractivity contribution is 6.00. The molecule has 0 rings (SSSR count). The molecule has 0 fully saturated rings. The van der Waals surface area contributed by atoms with Crippen molar-refractivity contribution in [2.24, 2.45) is 5.92 Å². The highest BCUT2D eigenvalue weighted by atomic mass is 16.6. The molecule has 1 atom stereocenters. The Morgan fingerprint density at radius 2 is 1.56 bits per heavy atom. The quantitative estimate of drug-likeness (QED) is 0.259. The van der Waals surface area contributed by atoms with E-state index in [9.17, 15) is 19.2 Å². The van der Waals surface area contributed by atoms with Crippen molar-refractivity contribution in [2.45, 2.75) is 26.4 Å². The molecule has 7 nitrogen and oxygen atoms in total. The summed E-state index contributed by atoms with van der Waals surface area (Å²) in [5, 5.41) is 0. The Bertz CT molecular complexity index is 307. The van der Waals surface area contributed by atoms with Crippen LogP contribution < -0.4 is 0 Å². The van der Waals surface area contributed by atoms with E-state index >= 15 is 0 Å². The molecular weight excluding hydrogens is 244 g/mol. The van der Waals surface area contributed by atoms with E-state index in [0.717, 1.165) is 6.92 Å². The van der Waals surface area contributed by atoms with Crippen molar-refractivity contribution < 1.29 is 33.4 Å². The Labute approximate surface area is 104 Å². The summed E-state index contributed by atoms with van der Waals surface area (Å²) >= 11 is 0. The molecular formula is C11H16O7. The second-order valence-electron chi connectivity index (χ2n) is 3.45. The first-order valence-corrected chi connectivity index (χ1v) is 5.37. The molecule has 0 bridgehead atoms. The lowest BCUT2D eigenvalue weighted by atomic mass is 9.90. The minimum absolute atomic E-state index is 0.0140. The number of hydrogen-bond donors (Lipinski definition) is 0. The maximum Gasteiger partial charge on any atom is 0.324 e. The summed E-state index contributed by atoms with van der Waals surface area (Å²) in [5.74, 6) is -3.60. The van der Waals surface area contributed by atoms with Gasteiger partial charge in [-0.25, -0.2) is 0 Å². The molecule has 1 unspecified atom stereocenters. The number of esters is 2. The van der Waals surface area contributed by atoms with Gasteiger partial charge in [-0.1, -0.05) is 0 Å². The molecule has 0 aromatic carbocycles. The number of carbonyl (C=O) groups is 4. The Morgan fingerprint density at radius 1 is 1.11 bits per heavy atom. The molecule has 0 radical (unpaired) electrons. The van der Waals surface area contributed by atoms with Gasteiger partial charge in [0.05, 0.1) is 13.2 Å². The highest BCUT2D eigenvalue weighted by Crippen LogP contribution is 2.22. The Hall–Kier alpha value is -1.92. The molecule has 7 heteroatoms. The van der Waals surface area contributed by atoms with Gasteiger partial charge < -0.3 is 14.2 Å². The maximum absolute atomic E-state index is 11.7. The van der Waals surface area contributed by atoms with Crippen LogP contribution in [0.2, 0.25) is 0 Å². The molecule has 0 heterocycles. The van der Waals surface area contributed by atoms with Gasteiger partial charge >= 0.3 is 11.9 Å². The monoisotopic (exact) mass is 260 g/mol. The van der Waals surface area contributed by atoms with E-state index in [1.165, 1.54) is 0 Å². The molecule has 0 spiro atoms. The van der Waals surface area contributed by atoms with Crippen molar-refractivity contribution in [3.8, 4) is 0 Å². The average molecular weight is 260 g/mol. The molecule has 0 N–H and O–H groups in total. The summed E-state index contributed by atoms with van der Waals surface area (Å²) in [6, 6.07) is 0. The first kappa shape index (κ1) is 16.1. The van der Waals surface area contributed by atoms with E-state index in [1.54, 1.807) is 13.8 Å². The van der Waals surface area contributed by atoms with Crippen LogP contribution in [0.15, 0.2) is 0 Å². The van der Waals surface area contributed by atoms with Crippen LogP contribution in [-0.2, 0) is 33.4 Å². The Kier molecular flexibility index (Phi) is 6.62.